The Kier molecular flexibility index (Phi) is 5.15. The Morgan fingerprint density at radius 3 is 2.35 bits per heavy atom. The van der Waals surface area contributed by atoms with Crippen LogP contribution >= 0.6 is 12.4 Å². The first-order chi connectivity index (χ1) is 9.29. The van der Waals surface area contributed by atoms with Crippen molar-refractivity contribution >= 4 is 18.0 Å². The van der Waals surface area contributed by atoms with Gasteiger partial charge in [-0.2, -0.15) is 0 Å². The van der Waals surface area contributed by atoms with E-state index in [0.29, 0.717) is 0 Å². The lowest BCUT2D eigenvalue weighted by molar-refractivity contribution is 0.221. The largest absolute Gasteiger partial charge is 0.375 e. The van der Waals surface area contributed by atoms with Crippen molar-refractivity contribution in [3.05, 3.63) is 41.1 Å². The summed E-state index contributed by atoms with van der Waals surface area (Å²) in [6.07, 6.45) is 6.62. The summed E-state index contributed by atoms with van der Waals surface area (Å²) >= 11 is 0. The van der Waals surface area contributed by atoms with Crippen molar-refractivity contribution in [2.24, 2.45) is 5.92 Å². The number of hydrogen-bond donors (Lipinski definition) is 0. The van der Waals surface area contributed by atoms with Gasteiger partial charge < -0.3 is 4.90 Å². The molecule has 4 rings (SSSR count). The van der Waals surface area contributed by atoms with E-state index in [1.54, 1.807) is 11.3 Å². The Balaban J connectivity index is 0.00000147. The third kappa shape index (κ3) is 2.88. The first kappa shape index (κ1) is 15.4. The lowest BCUT2D eigenvalue weighted by Crippen LogP contribution is -2.39. The number of allylic oxidation sites excluding steroid dienone is 2. The van der Waals surface area contributed by atoms with Crippen molar-refractivity contribution in [2.45, 2.75) is 46.0 Å². The maximum absolute atomic E-state index is 2.66. The fourth-order valence-electron chi connectivity index (χ4n) is 3.62. The van der Waals surface area contributed by atoms with Gasteiger partial charge in [-0.25, -0.2) is 0 Å². The van der Waals surface area contributed by atoms with Gasteiger partial charge in [0.15, 0.2) is 0 Å². The van der Waals surface area contributed by atoms with Crippen LogP contribution in [0, 0.1) is 12.8 Å². The van der Waals surface area contributed by atoms with Crippen LogP contribution in [0.1, 0.15) is 50.2 Å². The predicted molar refractivity (Wildman–Crippen MR) is 89.2 cm³/mol. The number of nitrogens with zero attached hydrogens (tertiary/aromatic N) is 1. The molecule has 1 aromatic rings. The van der Waals surface area contributed by atoms with Crippen molar-refractivity contribution in [3.8, 4) is 0 Å². The third-order valence-electron chi connectivity index (χ3n) is 4.73. The summed E-state index contributed by atoms with van der Waals surface area (Å²) in [5.41, 5.74) is 6.17. The van der Waals surface area contributed by atoms with Crippen molar-refractivity contribution in [1.82, 2.24) is 4.90 Å². The summed E-state index contributed by atoms with van der Waals surface area (Å²) in [6.45, 7) is 7.05. The summed E-state index contributed by atoms with van der Waals surface area (Å²) < 4.78 is 0. The van der Waals surface area contributed by atoms with E-state index in [-0.39, 0.29) is 12.4 Å². The minimum Gasteiger partial charge on any atom is -0.375 e. The topological polar surface area (TPSA) is 3.24 Å². The summed E-state index contributed by atoms with van der Waals surface area (Å²) in [7, 11) is 0. The zero-order valence-corrected chi connectivity index (χ0v) is 13.5. The molecule has 3 aliphatic rings. The average Bonchev–Trinajstić information content (AvgIpc) is 2.47. The first-order valence-corrected chi connectivity index (χ1v) is 7.84. The van der Waals surface area contributed by atoms with Gasteiger partial charge in [0.1, 0.15) is 0 Å². The van der Waals surface area contributed by atoms with Gasteiger partial charge in [0.25, 0.3) is 0 Å². The van der Waals surface area contributed by atoms with E-state index in [4.69, 9.17) is 0 Å². The van der Waals surface area contributed by atoms with Crippen molar-refractivity contribution in [3.63, 3.8) is 0 Å². The molecule has 0 N–H and O–H groups in total. The minimum absolute atomic E-state index is 0. The smallest absolute Gasteiger partial charge is 0.0180 e. The number of aryl methyl sites for hydroxylation is 1. The molecule has 0 radical (unpaired) electrons. The zero-order chi connectivity index (χ0) is 13.2. The number of piperidine rings is 1. The molecule has 20 heavy (non-hydrogen) atoms. The molecular weight excluding hydrogens is 266 g/mol. The number of hydrogen-bond acceptors (Lipinski definition) is 1. The molecular formula is C18H26ClN. The Bertz CT molecular complexity index is 467. The lowest BCUT2D eigenvalue weighted by Gasteiger charge is -2.44. The maximum atomic E-state index is 2.66. The van der Waals surface area contributed by atoms with Gasteiger partial charge in [0.2, 0.25) is 0 Å². The molecule has 1 aromatic carbocycles. The predicted octanol–water partition coefficient (Wildman–Crippen LogP) is 5.04. The molecule has 0 amide bonds. The van der Waals surface area contributed by atoms with Crippen LogP contribution in [0.5, 0.6) is 0 Å². The van der Waals surface area contributed by atoms with Crippen LogP contribution in [0.15, 0.2) is 30.0 Å². The van der Waals surface area contributed by atoms with E-state index < -0.39 is 0 Å². The van der Waals surface area contributed by atoms with E-state index >= 15 is 0 Å². The van der Waals surface area contributed by atoms with Gasteiger partial charge in [-0.3, -0.25) is 0 Å². The van der Waals surface area contributed by atoms with Crippen molar-refractivity contribution in [1.29, 1.82) is 0 Å². The second-order valence-corrected chi connectivity index (χ2v) is 6.09. The maximum Gasteiger partial charge on any atom is 0.0180 e. The fraction of sp³-hybridized carbons (Fsp3) is 0.556. The number of unbranched alkanes of at least 4 members (excludes halogenated alkanes) is 1. The minimum atomic E-state index is 0. The molecule has 0 saturated carbocycles. The van der Waals surface area contributed by atoms with Gasteiger partial charge in [0, 0.05) is 18.8 Å². The lowest BCUT2D eigenvalue weighted by atomic mass is 9.78. The Morgan fingerprint density at radius 1 is 1.10 bits per heavy atom. The summed E-state index contributed by atoms with van der Waals surface area (Å²) in [4.78, 5) is 2.66. The van der Waals surface area contributed by atoms with E-state index in [9.17, 15) is 0 Å². The van der Waals surface area contributed by atoms with Crippen LogP contribution in [0.25, 0.3) is 5.57 Å². The summed E-state index contributed by atoms with van der Waals surface area (Å²) in [5.74, 6) is 0.819. The van der Waals surface area contributed by atoms with Gasteiger partial charge in [-0.05, 0) is 49.7 Å². The van der Waals surface area contributed by atoms with Gasteiger partial charge in [-0.15, -0.1) is 12.4 Å². The highest BCUT2D eigenvalue weighted by molar-refractivity contribution is 5.85. The summed E-state index contributed by atoms with van der Waals surface area (Å²) in [6, 6.07) is 9.19. The summed E-state index contributed by atoms with van der Waals surface area (Å²) in [5, 5.41) is 0. The first-order valence-electron chi connectivity index (χ1n) is 7.84. The Hall–Kier alpha value is -0.950. The third-order valence-corrected chi connectivity index (χ3v) is 4.73. The molecule has 110 valence electrons. The molecule has 3 heterocycles. The quantitative estimate of drug-likeness (QED) is 0.751. The average molecular weight is 292 g/mol. The van der Waals surface area contributed by atoms with Crippen LogP contribution in [-0.4, -0.2) is 18.0 Å². The van der Waals surface area contributed by atoms with Crippen LogP contribution in [-0.2, 0) is 0 Å². The van der Waals surface area contributed by atoms with Gasteiger partial charge in [-0.1, -0.05) is 43.2 Å². The van der Waals surface area contributed by atoms with E-state index in [1.807, 2.05) is 0 Å². The number of halogens is 1. The van der Waals surface area contributed by atoms with Gasteiger partial charge >= 0.3 is 0 Å². The van der Waals surface area contributed by atoms with E-state index in [2.05, 4.69) is 43.0 Å². The molecule has 0 aliphatic carbocycles. The monoisotopic (exact) mass is 291 g/mol. The van der Waals surface area contributed by atoms with Crippen LogP contribution in [0.3, 0.4) is 0 Å². The molecule has 0 unspecified atom stereocenters. The second-order valence-electron chi connectivity index (χ2n) is 6.09. The molecule has 0 aromatic heterocycles. The van der Waals surface area contributed by atoms with Crippen LogP contribution in [0.4, 0.5) is 0 Å². The van der Waals surface area contributed by atoms with Gasteiger partial charge in [0.05, 0.1) is 0 Å². The van der Waals surface area contributed by atoms with E-state index in [0.717, 1.165) is 5.92 Å². The van der Waals surface area contributed by atoms with Crippen LogP contribution < -0.4 is 0 Å². The molecule has 1 fully saturated rings. The highest BCUT2D eigenvalue weighted by Crippen LogP contribution is 2.43. The normalized spacial score (nSPS) is 18.4. The molecule has 2 heteroatoms. The van der Waals surface area contributed by atoms with Crippen LogP contribution in [0.2, 0.25) is 0 Å². The van der Waals surface area contributed by atoms with Crippen molar-refractivity contribution in [2.75, 3.05) is 13.1 Å². The standard InChI is InChI=1S/C18H25N.ClH/c1-3-4-5-17-18(15-8-6-14(2)7-9-15)16-10-12-19(17)13-11-16;/h6-9,16H,3-5,10-13H2,1-2H3;1H. The molecule has 0 atom stereocenters. The molecule has 1 nitrogen and oxygen atoms in total. The fourth-order valence-corrected chi connectivity index (χ4v) is 3.62. The molecule has 0 spiro atoms. The van der Waals surface area contributed by atoms with E-state index in [1.165, 1.54) is 56.3 Å². The SMILES string of the molecule is CCCCC1=C(c2ccc(C)cc2)C2CCN1CC2.Cl. The molecule has 2 bridgehead atoms. The molecule has 3 aliphatic heterocycles. The zero-order valence-electron chi connectivity index (χ0n) is 12.7. The Labute approximate surface area is 129 Å². The number of rotatable bonds is 4. The second kappa shape index (κ2) is 6.67. The highest BCUT2D eigenvalue weighted by Gasteiger charge is 2.32. The highest BCUT2D eigenvalue weighted by atomic mass is 35.5. The molecule has 1 saturated heterocycles. The number of benzene rings is 1. The Morgan fingerprint density at radius 2 is 1.75 bits per heavy atom. The van der Waals surface area contributed by atoms with Crippen molar-refractivity contribution < 1.29 is 0 Å². The number of fused-ring (bicyclic) bond motifs is 2.